The SMILES string of the molecule is CCCCC(C)C(=O)Nc1ccnnc1. The summed E-state index contributed by atoms with van der Waals surface area (Å²) in [6.45, 7) is 4.07. The number of aromatic nitrogens is 2. The van der Waals surface area contributed by atoms with Crippen molar-refractivity contribution in [3.63, 3.8) is 0 Å². The van der Waals surface area contributed by atoms with Crippen molar-refractivity contribution in [2.75, 3.05) is 5.32 Å². The molecule has 0 bridgehead atoms. The molecule has 0 fully saturated rings. The Labute approximate surface area is 90.1 Å². The highest BCUT2D eigenvalue weighted by molar-refractivity contribution is 5.91. The standard InChI is InChI=1S/C11H17N3O/c1-3-4-5-9(2)11(15)14-10-6-7-12-13-8-10/h6-9H,3-5H2,1-2H3,(H,12,14,15). The summed E-state index contributed by atoms with van der Waals surface area (Å²) in [4.78, 5) is 11.7. The van der Waals surface area contributed by atoms with Crippen LogP contribution in [0.15, 0.2) is 18.5 Å². The van der Waals surface area contributed by atoms with E-state index in [0.29, 0.717) is 5.69 Å². The second-order valence-electron chi connectivity index (χ2n) is 3.66. The predicted molar refractivity (Wildman–Crippen MR) is 59.4 cm³/mol. The summed E-state index contributed by atoms with van der Waals surface area (Å²) in [5, 5.41) is 10.1. The van der Waals surface area contributed by atoms with E-state index in [0.717, 1.165) is 19.3 Å². The average molecular weight is 207 g/mol. The van der Waals surface area contributed by atoms with Gasteiger partial charge in [-0.1, -0.05) is 26.7 Å². The second kappa shape index (κ2) is 6.11. The molecule has 1 aromatic rings. The van der Waals surface area contributed by atoms with Gasteiger partial charge in [0.25, 0.3) is 0 Å². The van der Waals surface area contributed by atoms with Crippen LogP contribution in [-0.4, -0.2) is 16.1 Å². The van der Waals surface area contributed by atoms with E-state index in [4.69, 9.17) is 0 Å². The monoisotopic (exact) mass is 207 g/mol. The van der Waals surface area contributed by atoms with E-state index >= 15 is 0 Å². The van der Waals surface area contributed by atoms with Gasteiger partial charge in [-0.25, -0.2) is 0 Å². The van der Waals surface area contributed by atoms with Crippen molar-refractivity contribution in [3.05, 3.63) is 18.5 Å². The zero-order valence-electron chi connectivity index (χ0n) is 9.23. The molecule has 0 aliphatic rings. The van der Waals surface area contributed by atoms with Gasteiger partial charge in [-0.15, -0.1) is 0 Å². The van der Waals surface area contributed by atoms with Crippen LogP contribution >= 0.6 is 0 Å². The van der Waals surface area contributed by atoms with E-state index in [2.05, 4.69) is 22.4 Å². The largest absolute Gasteiger partial charge is 0.324 e. The van der Waals surface area contributed by atoms with Gasteiger partial charge in [0.05, 0.1) is 18.1 Å². The maximum absolute atomic E-state index is 11.7. The van der Waals surface area contributed by atoms with E-state index in [-0.39, 0.29) is 11.8 Å². The van der Waals surface area contributed by atoms with E-state index < -0.39 is 0 Å². The maximum Gasteiger partial charge on any atom is 0.227 e. The van der Waals surface area contributed by atoms with Crippen LogP contribution in [0.2, 0.25) is 0 Å². The van der Waals surface area contributed by atoms with Crippen LogP contribution in [0.25, 0.3) is 0 Å². The third kappa shape index (κ3) is 4.06. The lowest BCUT2D eigenvalue weighted by molar-refractivity contribution is -0.119. The molecule has 4 nitrogen and oxygen atoms in total. The van der Waals surface area contributed by atoms with Crippen molar-refractivity contribution in [2.45, 2.75) is 33.1 Å². The first kappa shape index (κ1) is 11.6. The topological polar surface area (TPSA) is 54.9 Å². The zero-order chi connectivity index (χ0) is 11.1. The maximum atomic E-state index is 11.7. The molecular formula is C11H17N3O. The first-order chi connectivity index (χ1) is 7.24. The quantitative estimate of drug-likeness (QED) is 0.805. The van der Waals surface area contributed by atoms with E-state index in [9.17, 15) is 4.79 Å². The summed E-state index contributed by atoms with van der Waals surface area (Å²) in [5.74, 6) is 0.106. The molecule has 0 spiro atoms. The van der Waals surface area contributed by atoms with Crippen LogP contribution < -0.4 is 5.32 Å². The number of nitrogens with zero attached hydrogens (tertiary/aromatic N) is 2. The van der Waals surface area contributed by atoms with Crippen molar-refractivity contribution in [3.8, 4) is 0 Å². The molecule has 82 valence electrons. The van der Waals surface area contributed by atoms with Crippen LogP contribution in [0.1, 0.15) is 33.1 Å². The van der Waals surface area contributed by atoms with E-state index in [1.54, 1.807) is 18.5 Å². The fourth-order valence-corrected chi connectivity index (χ4v) is 1.27. The molecular weight excluding hydrogens is 190 g/mol. The van der Waals surface area contributed by atoms with Gasteiger partial charge in [-0.3, -0.25) is 4.79 Å². The molecule has 1 N–H and O–H groups in total. The third-order valence-corrected chi connectivity index (χ3v) is 2.29. The summed E-state index contributed by atoms with van der Waals surface area (Å²) in [5.41, 5.74) is 0.707. The normalized spacial score (nSPS) is 12.1. The number of amides is 1. The second-order valence-corrected chi connectivity index (χ2v) is 3.66. The molecule has 0 radical (unpaired) electrons. The first-order valence-electron chi connectivity index (χ1n) is 5.31. The summed E-state index contributed by atoms with van der Waals surface area (Å²) >= 11 is 0. The molecule has 0 saturated heterocycles. The summed E-state index contributed by atoms with van der Waals surface area (Å²) < 4.78 is 0. The highest BCUT2D eigenvalue weighted by Crippen LogP contribution is 2.11. The molecule has 4 heteroatoms. The fourth-order valence-electron chi connectivity index (χ4n) is 1.27. The van der Waals surface area contributed by atoms with Gasteiger partial charge in [-0.05, 0) is 12.5 Å². The molecule has 1 unspecified atom stereocenters. The Bertz CT molecular complexity index is 300. The lowest BCUT2D eigenvalue weighted by Crippen LogP contribution is -2.20. The van der Waals surface area contributed by atoms with Gasteiger partial charge < -0.3 is 5.32 Å². The number of hydrogen-bond acceptors (Lipinski definition) is 3. The van der Waals surface area contributed by atoms with Crippen molar-refractivity contribution >= 4 is 11.6 Å². The Morgan fingerprint density at radius 2 is 2.33 bits per heavy atom. The summed E-state index contributed by atoms with van der Waals surface area (Å²) in [7, 11) is 0. The molecule has 0 aliphatic carbocycles. The molecule has 0 saturated carbocycles. The van der Waals surface area contributed by atoms with Crippen LogP contribution in [0.4, 0.5) is 5.69 Å². The van der Waals surface area contributed by atoms with Crippen LogP contribution in [-0.2, 0) is 4.79 Å². The van der Waals surface area contributed by atoms with E-state index in [1.165, 1.54) is 0 Å². The third-order valence-electron chi connectivity index (χ3n) is 2.29. The summed E-state index contributed by atoms with van der Waals surface area (Å²) in [6, 6.07) is 1.73. The molecule has 1 rings (SSSR count). The highest BCUT2D eigenvalue weighted by atomic mass is 16.1. The molecule has 15 heavy (non-hydrogen) atoms. The zero-order valence-corrected chi connectivity index (χ0v) is 9.23. The smallest absolute Gasteiger partial charge is 0.227 e. The number of rotatable bonds is 5. The molecule has 1 aromatic heterocycles. The fraction of sp³-hybridized carbons (Fsp3) is 0.545. The number of nitrogens with one attached hydrogen (secondary N) is 1. The van der Waals surface area contributed by atoms with Gasteiger partial charge in [-0.2, -0.15) is 10.2 Å². The number of unbranched alkanes of at least 4 members (excludes halogenated alkanes) is 1. The van der Waals surface area contributed by atoms with Gasteiger partial charge >= 0.3 is 0 Å². The van der Waals surface area contributed by atoms with Gasteiger partial charge in [0, 0.05) is 5.92 Å². The minimum Gasteiger partial charge on any atom is -0.324 e. The minimum absolute atomic E-state index is 0.0523. The molecule has 0 aliphatic heterocycles. The molecule has 1 amide bonds. The summed E-state index contributed by atoms with van der Waals surface area (Å²) in [6.07, 6.45) is 6.25. The van der Waals surface area contributed by atoms with Crippen molar-refractivity contribution in [1.82, 2.24) is 10.2 Å². The number of hydrogen-bond donors (Lipinski definition) is 1. The number of carbonyl (C=O) groups excluding carboxylic acids is 1. The van der Waals surface area contributed by atoms with Crippen molar-refractivity contribution in [2.24, 2.45) is 5.92 Å². The highest BCUT2D eigenvalue weighted by Gasteiger charge is 2.11. The van der Waals surface area contributed by atoms with Crippen LogP contribution in [0, 0.1) is 5.92 Å². The Morgan fingerprint density at radius 1 is 1.53 bits per heavy atom. The Balaban J connectivity index is 2.42. The van der Waals surface area contributed by atoms with Crippen LogP contribution in [0.3, 0.4) is 0 Å². The predicted octanol–water partition coefficient (Wildman–Crippen LogP) is 2.24. The molecule has 1 atom stereocenters. The molecule has 0 aromatic carbocycles. The van der Waals surface area contributed by atoms with Gasteiger partial charge in [0.2, 0.25) is 5.91 Å². The van der Waals surface area contributed by atoms with Gasteiger partial charge in [0.1, 0.15) is 0 Å². The Morgan fingerprint density at radius 3 is 2.93 bits per heavy atom. The number of carbonyl (C=O) groups is 1. The Kier molecular flexibility index (Phi) is 4.74. The average Bonchev–Trinajstić information content (AvgIpc) is 2.27. The lowest BCUT2D eigenvalue weighted by Gasteiger charge is -2.10. The van der Waals surface area contributed by atoms with Crippen molar-refractivity contribution < 1.29 is 4.79 Å². The van der Waals surface area contributed by atoms with Crippen molar-refractivity contribution in [1.29, 1.82) is 0 Å². The minimum atomic E-state index is 0.0523. The first-order valence-corrected chi connectivity index (χ1v) is 5.31. The lowest BCUT2D eigenvalue weighted by atomic mass is 10.0. The molecule has 1 heterocycles. The number of anilines is 1. The van der Waals surface area contributed by atoms with Gasteiger partial charge in [0.15, 0.2) is 0 Å². The van der Waals surface area contributed by atoms with Crippen LogP contribution in [0.5, 0.6) is 0 Å². The Hall–Kier alpha value is -1.45. The van der Waals surface area contributed by atoms with E-state index in [1.807, 2.05) is 6.92 Å².